The van der Waals surface area contributed by atoms with E-state index < -0.39 is 10.0 Å². The number of methoxy groups -OCH3 is 2. The van der Waals surface area contributed by atoms with Crippen LogP contribution >= 0.6 is 0 Å². The van der Waals surface area contributed by atoms with Gasteiger partial charge in [0, 0.05) is 24.7 Å². The molecule has 0 fully saturated rings. The number of aliphatic hydroxyl groups is 1. The van der Waals surface area contributed by atoms with Crippen molar-refractivity contribution in [1.82, 2.24) is 14.7 Å². The van der Waals surface area contributed by atoms with Gasteiger partial charge in [-0.15, -0.1) is 0 Å². The summed E-state index contributed by atoms with van der Waals surface area (Å²) in [4.78, 5) is 8.86. The normalized spacial score (nSPS) is 11.1. The van der Waals surface area contributed by atoms with Crippen molar-refractivity contribution in [2.45, 2.75) is 11.3 Å². The number of nitrogens with zero attached hydrogens (tertiary/aromatic N) is 3. The van der Waals surface area contributed by atoms with Gasteiger partial charge < -0.3 is 14.6 Å². The maximum absolute atomic E-state index is 12.4. The molecule has 166 valence electrons. The van der Waals surface area contributed by atoms with E-state index in [2.05, 4.69) is 20.8 Å². The number of aromatic nitrogens is 2. The van der Waals surface area contributed by atoms with Crippen molar-refractivity contribution < 1.29 is 23.0 Å². The molecule has 0 saturated carbocycles. The number of hydrogen-bond acceptors (Lipinski definition) is 8. The minimum Gasteiger partial charge on any atom is -0.495 e. The first-order valence-electron chi connectivity index (χ1n) is 9.59. The number of benzene rings is 2. The van der Waals surface area contributed by atoms with Crippen LogP contribution in [0.2, 0.25) is 0 Å². The van der Waals surface area contributed by atoms with Crippen LogP contribution in [-0.2, 0) is 16.4 Å². The van der Waals surface area contributed by atoms with Gasteiger partial charge in [-0.2, -0.15) is 5.26 Å². The monoisotopic (exact) mass is 454 g/mol. The van der Waals surface area contributed by atoms with Crippen molar-refractivity contribution in [2.75, 3.05) is 27.4 Å². The fourth-order valence-electron chi connectivity index (χ4n) is 3.08. The molecule has 0 aliphatic heterocycles. The van der Waals surface area contributed by atoms with Crippen LogP contribution in [0, 0.1) is 11.3 Å². The topological polar surface area (TPSA) is 134 Å². The second kappa shape index (κ2) is 10.2. The van der Waals surface area contributed by atoms with E-state index in [-0.39, 0.29) is 23.8 Å². The molecule has 0 atom stereocenters. The molecular weight excluding hydrogens is 432 g/mol. The van der Waals surface area contributed by atoms with E-state index in [0.717, 1.165) is 11.1 Å². The van der Waals surface area contributed by atoms with Crippen LogP contribution in [0.15, 0.2) is 53.6 Å². The summed E-state index contributed by atoms with van der Waals surface area (Å²) in [6.45, 7) is -0.399. The minimum absolute atomic E-state index is 0.0193. The maximum atomic E-state index is 12.4. The van der Waals surface area contributed by atoms with Gasteiger partial charge in [-0.3, -0.25) is 0 Å². The van der Waals surface area contributed by atoms with Gasteiger partial charge in [-0.25, -0.2) is 23.1 Å². The average Bonchev–Trinajstić information content (AvgIpc) is 2.82. The Morgan fingerprint density at radius 1 is 1.09 bits per heavy atom. The van der Waals surface area contributed by atoms with Gasteiger partial charge in [0.15, 0.2) is 0 Å². The quantitative estimate of drug-likeness (QED) is 0.501. The molecule has 3 aromatic rings. The number of ether oxygens (including phenoxy) is 2. The lowest BCUT2D eigenvalue weighted by atomic mass is 10.1. The zero-order valence-electron chi connectivity index (χ0n) is 17.6. The summed E-state index contributed by atoms with van der Waals surface area (Å²) in [5.41, 5.74) is 2.56. The summed E-state index contributed by atoms with van der Waals surface area (Å²) in [7, 11) is -0.920. The zero-order chi connectivity index (χ0) is 23.1. The highest BCUT2D eigenvalue weighted by atomic mass is 32.2. The standard InChI is InChI=1S/C22H22N4O5S/c1-30-19-5-4-16(13-17(19)14-23)18-7-8-24-22(26-18)12-15-3-6-21(20(11-15)31-2)32(28,29)25-9-10-27/h3-8,11,13,25,27H,9-10,12H2,1-2H3. The highest BCUT2D eigenvalue weighted by Crippen LogP contribution is 2.27. The molecule has 10 heteroatoms. The van der Waals surface area contributed by atoms with E-state index in [0.29, 0.717) is 29.3 Å². The third-order valence-electron chi connectivity index (χ3n) is 4.60. The number of aliphatic hydroxyl groups excluding tert-OH is 1. The highest BCUT2D eigenvalue weighted by molar-refractivity contribution is 7.89. The Balaban J connectivity index is 1.88. The van der Waals surface area contributed by atoms with Crippen molar-refractivity contribution in [3.63, 3.8) is 0 Å². The van der Waals surface area contributed by atoms with E-state index in [4.69, 9.17) is 14.6 Å². The lowest BCUT2D eigenvalue weighted by Crippen LogP contribution is -2.27. The van der Waals surface area contributed by atoms with Gasteiger partial charge in [-0.05, 0) is 42.0 Å². The SMILES string of the molecule is COc1ccc(-c2ccnc(Cc3ccc(S(=O)(=O)NCCO)c(OC)c3)n2)cc1C#N. The molecule has 0 amide bonds. The second-order valence-corrected chi connectivity index (χ2v) is 8.40. The molecule has 9 nitrogen and oxygen atoms in total. The Bertz CT molecular complexity index is 1260. The van der Waals surface area contributed by atoms with Gasteiger partial charge in [0.25, 0.3) is 0 Å². The molecular formula is C22H22N4O5S. The van der Waals surface area contributed by atoms with Crippen molar-refractivity contribution >= 4 is 10.0 Å². The molecule has 3 rings (SSSR count). The van der Waals surface area contributed by atoms with E-state index in [9.17, 15) is 13.7 Å². The Morgan fingerprint density at radius 3 is 2.56 bits per heavy atom. The highest BCUT2D eigenvalue weighted by Gasteiger charge is 2.19. The molecule has 0 unspecified atom stereocenters. The molecule has 1 aromatic heterocycles. The van der Waals surface area contributed by atoms with Crippen molar-refractivity contribution in [2.24, 2.45) is 0 Å². The molecule has 0 aliphatic carbocycles. The number of hydrogen-bond donors (Lipinski definition) is 2. The van der Waals surface area contributed by atoms with Crippen LogP contribution in [0.4, 0.5) is 0 Å². The Labute approximate surface area is 186 Å². The smallest absolute Gasteiger partial charge is 0.244 e. The van der Waals surface area contributed by atoms with Crippen LogP contribution in [0.5, 0.6) is 11.5 Å². The summed E-state index contributed by atoms with van der Waals surface area (Å²) >= 11 is 0. The van der Waals surface area contributed by atoms with E-state index >= 15 is 0 Å². The molecule has 1 heterocycles. The van der Waals surface area contributed by atoms with E-state index in [1.807, 2.05) is 6.07 Å². The summed E-state index contributed by atoms with van der Waals surface area (Å²) in [6, 6.07) is 13.8. The molecule has 2 N–H and O–H groups in total. The summed E-state index contributed by atoms with van der Waals surface area (Å²) < 4.78 is 37.5. The predicted molar refractivity (Wildman–Crippen MR) is 117 cm³/mol. The van der Waals surface area contributed by atoms with Crippen molar-refractivity contribution in [3.05, 3.63) is 65.6 Å². The van der Waals surface area contributed by atoms with Crippen LogP contribution in [-0.4, -0.2) is 50.9 Å². The summed E-state index contributed by atoms with van der Waals surface area (Å²) in [6.07, 6.45) is 1.97. The lowest BCUT2D eigenvalue weighted by Gasteiger charge is -2.12. The van der Waals surface area contributed by atoms with Crippen LogP contribution in [0.1, 0.15) is 17.0 Å². The lowest BCUT2D eigenvalue weighted by molar-refractivity contribution is 0.301. The summed E-state index contributed by atoms with van der Waals surface area (Å²) in [5.74, 6) is 1.19. The van der Waals surface area contributed by atoms with Gasteiger partial charge >= 0.3 is 0 Å². The zero-order valence-corrected chi connectivity index (χ0v) is 18.4. The molecule has 32 heavy (non-hydrogen) atoms. The summed E-state index contributed by atoms with van der Waals surface area (Å²) in [5, 5.41) is 18.2. The third-order valence-corrected chi connectivity index (χ3v) is 6.11. The average molecular weight is 455 g/mol. The molecule has 0 saturated heterocycles. The van der Waals surface area contributed by atoms with Gasteiger partial charge in [0.2, 0.25) is 10.0 Å². The fourth-order valence-corrected chi connectivity index (χ4v) is 4.25. The van der Waals surface area contributed by atoms with Gasteiger partial charge in [0.05, 0.1) is 32.1 Å². The van der Waals surface area contributed by atoms with Crippen molar-refractivity contribution in [1.29, 1.82) is 5.26 Å². The van der Waals surface area contributed by atoms with Crippen LogP contribution in [0.25, 0.3) is 11.3 Å². The molecule has 2 aromatic carbocycles. The first-order chi connectivity index (χ1) is 15.4. The van der Waals surface area contributed by atoms with E-state index in [1.165, 1.54) is 20.3 Å². The Morgan fingerprint density at radius 2 is 1.88 bits per heavy atom. The largest absolute Gasteiger partial charge is 0.495 e. The molecule has 0 aliphatic rings. The van der Waals surface area contributed by atoms with Crippen LogP contribution in [0.3, 0.4) is 0 Å². The van der Waals surface area contributed by atoms with E-state index in [1.54, 1.807) is 36.5 Å². The Kier molecular flexibility index (Phi) is 7.37. The van der Waals surface area contributed by atoms with Crippen molar-refractivity contribution in [3.8, 4) is 28.8 Å². The predicted octanol–water partition coefficient (Wildman–Crippen LogP) is 1.89. The van der Waals surface area contributed by atoms with Crippen LogP contribution < -0.4 is 14.2 Å². The number of nitriles is 1. The van der Waals surface area contributed by atoms with Gasteiger partial charge in [0.1, 0.15) is 28.3 Å². The fraction of sp³-hybridized carbons (Fsp3) is 0.227. The number of sulfonamides is 1. The molecule has 0 radical (unpaired) electrons. The Hall–Kier alpha value is -3.52. The first kappa shape index (κ1) is 23.1. The first-order valence-corrected chi connectivity index (χ1v) is 11.1. The maximum Gasteiger partial charge on any atom is 0.244 e. The van der Waals surface area contributed by atoms with Gasteiger partial charge in [-0.1, -0.05) is 6.07 Å². The molecule has 0 spiro atoms. The number of rotatable bonds is 9. The second-order valence-electron chi connectivity index (χ2n) is 6.67. The molecule has 0 bridgehead atoms. The minimum atomic E-state index is -3.81. The number of nitrogens with one attached hydrogen (secondary N) is 1. The third kappa shape index (κ3) is 5.20.